The lowest BCUT2D eigenvalue weighted by Gasteiger charge is -1.98. The Morgan fingerprint density at radius 1 is 1.50 bits per heavy atom. The van der Waals surface area contributed by atoms with Gasteiger partial charge in [-0.15, -0.1) is 0 Å². The van der Waals surface area contributed by atoms with E-state index in [4.69, 9.17) is 0 Å². The molecule has 0 radical (unpaired) electrons. The second kappa shape index (κ2) is 4.91. The van der Waals surface area contributed by atoms with Crippen LogP contribution in [0.1, 0.15) is 20.8 Å². The molecule has 0 heterocycles. The van der Waals surface area contributed by atoms with Crippen LogP contribution in [0.3, 0.4) is 0 Å². The molecular formula is C8H14N2. The molecule has 0 aliphatic carbocycles. The van der Waals surface area contributed by atoms with Gasteiger partial charge in [0.1, 0.15) is 0 Å². The molecule has 0 N–H and O–H groups in total. The van der Waals surface area contributed by atoms with Crippen molar-refractivity contribution < 1.29 is 0 Å². The second-order valence-electron chi connectivity index (χ2n) is 2.40. The highest BCUT2D eigenvalue weighted by molar-refractivity contribution is 5.84. The summed E-state index contributed by atoms with van der Waals surface area (Å²) in [6.45, 7) is 9.62. The van der Waals surface area contributed by atoms with Crippen LogP contribution in [0.15, 0.2) is 22.9 Å². The van der Waals surface area contributed by atoms with E-state index in [1.807, 2.05) is 6.92 Å². The first kappa shape index (κ1) is 9.08. The molecule has 0 fully saturated rings. The standard InChI is InChI=1S/C8H14N2/c1-5-6-9-10-8(4)7(2)3/h5-7H,1H2,2-4H3/b9-6-,10-8+. The Bertz CT molecular complexity index is 155. The van der Waals surface area contributed by atoms with E-state index >= 15 is 0 Å². The van der Waals surface area contributed by atoms with E-state index in [-0.39, 0.29) is 0 Å². The number of nitrogens with zero attached hydrogens (tertiary/aromatic N) is 2. The summed E-state index contributed by atoms with van der Waals surface area (Å²) in [7, 11) is 0. The van der Waals surface area contributed by atoms with E-state index in [1.54, 1.807) is 12.3 Å². The summed E-state index contributed by atoms with van der Waals surface area (Å²) in [5.74, 6) is 0.474. The monoisotopic (exact) mass is 138 g/mol. The van der Waals surface area contributed by atoms with E-state index < -0.39 is 0 Å². The minimum Gasteiger partial charge on any atom is -0.160 e. The fourth-order valence-electron chi connectivity index (χ4n) is 0.287. The molecule has 0 aromatic rings. The van der Waals surface area contributed by atoms with Gasteiger partial charge < -0.3 is 0 Å². The largest absolute Gasteiger partial charge is 0.160 e. The second-order valence-corrected chi connectivity index (χ2v) is 2.40. The van der Waals surface area contributed by atoms with Crippen molar-refractivity contribution >= 4 is 11.9 Å². The van der Waals surface area contributed by atoms with Crippen molar-refractivity contribution in [2.45, 2.75) is 20.8 Å². The Balaban J connectivity index is 3.91. The molecule has 0 unspecified atom stereocenters. The number of rotatable bonds is 3. The van der Waals surface area contributed by atoms with Crippen molar-refractivity contribution in [3.05, 3.63) is 12.7 Å². The molecule has 0 amide bonds. The van der Waals surface area contributed by atoms with Gasteiger partial charge in [-0.05, 0) is 18.9 Å². The molecule has 0 aliphatic heterocycles. The molecule has 0 aromatic carbocycles. The van der Waals surface area contributed by atoms with E-state index in [0.717, 1.165) is 5.71 Å². The van der Waals surface area contributed by atoms with Gasteiger partial charge in [-0.25, -0.2) is 0 Å². The highest BCUT2D eigenvalue weighted by Gasteiger charge is 1.94. The van der Waals surface area contributed by atoms with E-state index in [9.17, 15) is 0 Å². The van der Waals surface area contributed by atoms with Crippen molar-refractivity contribution in [2.24, 2.45) is 16.1 Å². The first-order valence-electron chi connectivity index (χ1n) is 3.37. The van der Waals surface area contributed by atoms with Crippen molar-refractivity contribution in [3.63, 3.8) is 0 Å². The molecule has 0 aromatic heterocycles. The third kappa shape index (κ3) is 4.01. The van der Waals surface area contributed by atoms with E-state index in [2.05, 4.69) is 30.6 Å². The molecule has 0 atom stereocenters. The summed E-state index contributed by atoms with van der Waals surface area (Å²) in [6, 6.07) is 0. The quantitative estimate of drug-likeness (QED) is 0.422. The third-order valence-corrected chi connectivity index (χ3v) is 1.22. The van der Waals surface area contributed by atoms with Gasteiger partial charge in [0.15, 0.2) is 0 Å². The van der Waals surface area contributed by atoms with Crippen LogP contribution in [0.25, 0.3) is 0 Å². The third-order valence-electron chi connectivity index (χ3n) is 1.22. The van der Waals surface area contributed by atoms with Crippen molar-refractivity contribution in [2.75, 3.05) is 0 Å². The zero-order valence-electron chi connectivity index (χ0n) is 6.83. The lowest BCUT2D eigenvalue weighted by molar-refractivity contribution is 0.870. The maximum absolute atomic E-state index is 3.93. The van der Waals surface area contributed by atoms with Gasteiger partial charge in [-0.1, -0.05) is 20.4 Å². The molecule has 0 rings (SSSR count). The Kier molecular flexibility index (Phi) is 4.46. The molecule has 0 saturated heterocycles. The topological polar surface area (TPSA) is 24.7 Å². The smallest absolute Gasteiger partial charge is 0.0489 e. The summed E-state index contributed by atoms with van der Waals surface area (Å²) in [4.78, 5) is 0. The van der Waals surface area contributed by atoms with Gasteiger partial charge in [-0.3, -0.25) is 0 Å². The van der Waals surface area contributed by atoms with Gasteiger partial charge in [0.25, 0.3) is 0 Å². The molecule has 0 aliphatic rings. The Labute approximate surface area is 62.4 Å². The van der Waals surface area contributed by atoms with Crippen LogP contribution in [-0.2, 0) is 0 Å². The lowest BCUT2D eigenvalue weighted by Crippen LogP contribution is -2.00. The maximum atomic E-state index is 3.93. The van der Waals surface area contributed by atoms with Crippen LogP contribution < -0.4 is 0 Å². The Morgan fingerprint density at radius 2 is 2.10 bits per heavy atom. The minimum atomic E-state index is 0.474. The minimum absolute atomic E-state index is 0.474. The van der Waals surface area contributed by atoms with Gasteiger partial charge >= 0.3 is 0 Å². The lowest BCUT2D eigenvalue weighted by atomic mass is 10.1. The number of allylic oxidation sites excluding steroid dienone is 1. The van der Waals surface area contributed by atoms with Crippen molar-refractivity contribution in [1.82, 2.24) is 0 Å². The fraction of sp³-hybridized carbons (Fsp3) is 0.500. The van der Waals surface area contributed by atoms with Crippen LogP contribution in [-0.4, -0.2) is 11.9 Å². The number of hydrogen-bond acceptors (Lipinski definition) is 2. The molecule has 56 valence electrons. The van der Waals surface area contributed by atoms with E-state index in [1.165, 1.54) is 0 Å². The average Bonchev–Trinajstić information content (AvgIpc) is 1.88. The molecule has 0 spiro atoms. The van der Waals surface area contributed by atoms with Crippen LogP contribution in [0.4, 0.5) is 0 Å². The molecule has 0 saturated carbocycles. The van der Waals surface area contributed by atoms with Gasteiger partial charge in [0.2, 0.25) is 0 Å². The molecule has 0 bridgehead atoms. The summed E-state index contributed by atoms with van der Waals surface area (Å²) in [6.07, 6.45) is 3.18. The summed E-state index contributed by atoms with van der Waals surface area (Å²) >= 11 is 0. The summed E-state index contributed by atoms with van der Waals surface area (Å²) in [5, 5.41) is 7.68. The normalized spacial score (nSPS) is 13.0. The highest BCUT2D eigenvalue weighted by Crippen LogP contribution is 1.95. The Morgan fingerprint density at radius 3 is 2.50 bits per heavy atom. The van der Waals surface area contributed by atoms with Crippen molar-refractivity contribution in [3.8, 4) is 0 Å². The maximum Gasteiger partial charge on any atom is 0.0489 e. The summed E-state index contributed by atoms with van der Waals surface area (Å²) < 4.78 is 0. The molecular weight excluding hydrogens is 124 g/mol. The predicted molar refractivity (Wildman–Crippen MR) is 46.6 cm³/mol. The zero-order chi connectivity index (χ0) is 7.98. The van der Waals surface area contributed by atoms with Gasteiger partial charge in [-0.2, -0.15) is 10.2 Å². The average molecular weight is 138 g/mol. The predicted octanol–water partition coefficient (Wildman–Crippen LogP) is 2.28. The van der Waals surface area contributed by atoms with Crippen molar-refractivity contribution in [1.29, 1.82) is 0 Å². The van der Waals surface area contributed by atoms with Gasteiger partial charge in [0.05, 0.1) is 0 Å². The summed E-state index contributed by atoms with van der Waals surface area (Å²) in [5.41, 5.74) is 1.04. The zero-order valence-corrected chi connectivity index (χ0v) is 6.83. The fourth-order valence-corrected chi connectivity index (χ4v) is 0.287. The van der Waals surface area contributed by atoms with Crippen LogP contribution in [0, 0.1) is 5.92 Å². The molecule has 2 heteroatoms. The van der Waals surface area contributed by atoms with Crippen LogP contribution in [0.5, 0.6) is 0 Å². The first-order chi connectivity index (χ1) is 4.68. The number of hydrogen-bond donors (Lipinski definition) is 0. The molecule has 2 nitrogen and oxygen atoms in total. The van der Waals surface area contributed by atoms with Gasteiger partial charge in [0, 0.05) is 11.9 Å². The molecule has 10 heavy (non-hydrogen) atoms. The SMILES string of the molecule is C=C/C=N\N=C(/C)C(C)C. The van der Waals surface area contributed by atoms with Crippen LogP contribution >= 0.6 is 0 Å². The first-order valence-corrected chi connectivity index (χ1v) is 3.37. The highest BCUT2D eigenvalue weighted by atomic mass is 15.2. The van der Waals surface area contributed by atoms with E-state index in [0.29, 0.717) is 5.92 Å². The van der Waals surface area contributed by atoms with Crippen LogP contribution in [0.2, 0.25) is 0 Å². The Hall–Kier alpha value is -0.920.